The molecule has 1 aromatic heterocycles. The SMILES string of the molecule is CC/C(B1OC(C)(C)C(C)(C)O1)=C(/c1ccc(OCCN(C/C=C/C#N)C(=O)OC(C)(C)C)cc1)c1ccc2c(cnn2C2CCCCO2)c1. The van der Waals surface area contributed by atoms with E-state index in [9.17, 15) is 4.79 Å². The quantitative estimate of drug-likeness (QED) is 0.147. The molecule has 1 atom stereocenters. The Morgan fingerprint density at radius 1 is 1.10 bits per heavy atom. The number of carbonyl (C=O) groups is 1. The lowest BCUT2D eigenvalue weighted by Gasteiger charge is -2.32. The van der Waals surface area contributed by atoms with Crippen molar-refractivity contribution in [2.24, 2.45) is 0 Å². The Morgan fingerprint density at radius 3 is 2.42 bits per heavy atom. The summed E-state index contributed by atoms with van der Waals surface area (Å²) in [4.78, 5) is 14.3. The molecule has 10 nitrogen and oxygen atoms in total. The summed E-state index contributed by atoms with van der Waals surface area (Å²) in [5.74, 6) is 0.669. The highest BCUT2D eigenvalue weighted by molar-refractivity contribution is 6.56. The average molecular weight is 683 g/mol. The largest absolute Gasteiger partial charge is 0.492 e. The molecule has 11 heteroatoms. The summed E-state index contributed by atoms with van der Waals surface area (Å²) >= 11 is 0. The second kappa shape index (κ2) is 15.4. The predicted molar refractivity (Wildman–Crippen MR) is 195 cm³/mol. The highest BCUT2D eigenvalue weighted by atomic mass is 16.7. The molecule has 1 unspecified atom stereocenters. The minimum atomic E-state index is -0.636. The highest BCUT2D eigenvalue weighted by Gasteiger charge is 2.52. The number of rotatable bonds is 11. The van der Waals surface area contributed by atoms with Crippen LogP contribution in [0.15, 0.2) is 66.3 Å². The van der Waals surface area contributed by atoms with Crippen molar-refractivity contribution in [1.82, 2.24) is 14.7 Å². The third kappa shape index (κ3) is 8.60. The van der Waals surface area contributed by atoms with Crippen LogP contribution < -0.4 is 4.74 Å². The van der Waals surface area contributed by atoms with Gasteiger partial charge in [-0.05, 0) is 121 Å². The molecule has 2 aliphatic heterocycles. The van der Waals surface area contributed by atoms with Gasteiger partial charge in [0.15, 0.2) is 6.23 Å². The van der Waals surface area contributed by atoms with Crippen LogP contribution >= 0.6 is 0 Å². The number of hydrogen-bond acceptors (Lipinski definition) is 8. The normalized spacial score (nSPS) is 19.3. The van der Waals surface area contributed by atoms with Gasteiger partial charge < -0.3 is 28.4 Å². The molecule has 0 N–H and O–H groups in total. The maximum Gasteiger partial charge on any atom is 0.491 e. The Labute approximate surface area is 297 Å². The van der Waals surface area contributed by atoms with Gasteiger partial charge in [-0.2, -0.15) is 10.4 Å². The van der Waals surface area contributed by atoms with E-state index >= 15 is 0 Å². The van der Waals surface area contributed by atoms with Gasteiger partial charge >= 0.3 is 13.2 Å². The summed E-state index contributed by atoms with van der Waals surface area (Å²) in [5, 5.41) is 14.7. The lowest BCUT2D eigenvalue weighted by Crippen LogP contribution is -2.41. The van der Waals surface area contributed by atoms with E-state index in [0.29, 0.717) is 12.3 Å². The second-order valence-electron chi connectivity index (χ2n) is 14.9. The Balaban J connectivity index is 1.43. The van der Waals surface area contributed by atoms with E-state index in [1.165, 1.54) is 11.0 Å². The van der Waals surface area contributed by atoms with Crippen molar-refractivity contribution in [2.75, 3.05) is 26.3 Å². The van der Waals surface area contributed by atoms with E-state index in [1.54, 1.807) is 6.08 Å². The van der Waals surface area contributed by atoms with Crippen molar-refractivity contribution in [2.45, 2.75) is 104 Å². The molecule has 2 saturated heterocycles. The fourth-order valence-electron chi connectivity index (χ4n) is 6.15. The smallest absolute Gasteiger partial charge is 0.491 e. The molecular weight excluding hydrogens is 631 g/mol. The lowest BCUT2D eigenvalue weighted by atomic mass is 9.70. The summed E-state index contributed by atoms with van der Waals surface area (Å²) in [6, 6.07) is 16.4. The Hall–Kier alpha value is -4.11. The number of ether oxygens (including phenoxy) is 3. The van der Waals surface area contributed by atoms with Crippen molar-refractivity contribution >= 4 is 29.7 Å². The van der Waals surface area contributed by atoms with E-state index in [1.807, 2.05) is 49.9 Å². The van der Waals surface area contributed by atoms with E-state index in [-0.39, 0.29) is 19.4 Å². The third-order valence-electron chi connectivity index (χ3n) is 9.50. The Morgan fingerprint density at radius 2 is 1.80 bits per heavy atom. The van der Waals surface area contributed by atoms with Crippen molar-refractivity contribution in [3.63, 3.8) is 0 Å². The van der Waals surface area contributed by atoms with Crippen molar-refractivity contribution in [1.29, 1.82) is 5.26 Å². The number of allylic oxidation sites excluding steroid dienone is 2. The van der Waals surface area contributed by atoms with Gasteiger partial charge in [-0.15, -0.1) is 0 Å². The van der Waals surface area contributed by atoms with E-state index in [2.05, 4.69) is 65.0 Å². The molecule has 1 amide bonds. The standard InChI is InChI=1S/C39H51BN4O6/c1-9-32(40-49-38(5,6)39(7,8)50-40)35(29-17-20-33-30(26-29)27-42-44(33)34-14-10-13-24-47-34)28-15-18-31(19-16-28)46-25-23-43(22-12-11-21-41)36(45)48-37(2,3)4/h11-12,15-20,26-27,34H,9-10,13-14,22-25H2,1-8H3/b12-11+,35-32+. The summed E-state index contributed by atoms with van der Waals surface area (Å²) in [5.41, 5.74) is 3.58. The minimum Gasteiger partial charge on any atom is -0.492 e. The molecule has 50 heavy (non-hydrogen) atoms. The Kier molecular flexibility index (Phi) is 11.5. The summed E-state index contributed by atoms with van der Waals surface area (Å²) in [7, 11) is -0.515. The van der Waals surface area contributed by atoms with Crippen LogP contribution in [-0.4, -0.2) is 71.0 Å². The third-order valence-corrected chi connectivity index (χ3v) is 9.50. The molecule has 3 heterocycles. The molecule has 2 fully saturated rings. The van der Waals surface area contributed by atoms with E-state index < -0.39 is 30.0 Å². The number of amides is 1. The van der Waals surface area contributed by atoms with E-state index in [4.69, 9.17) is 33.9 Å². The minimum absolute atomic E-state index is 0.0455. The molecule has 0 spiro atoms. The molecule has 0 aliphatic carbocycles. The highest BCUT2D eigenvalue weighted by Crippen LogP contribution is 2.42. The zero-order valence-corrected chi connectivity index (χ0v) is 30.8. The molecule has 266 valence electrons. The predicted octanol–water partition coefficient (Wildman–Crippen LogP) is 8.27. The van der Waals surface area contributed by atoms with E-state index in [0.717, 1.165) is 65.4 Å². The molecule has 0 saturated carbocycles. The van der Waals surface area contributed by atoms with Crippen molar-refractivity contribution < 1.29 is 28.3 Å². The number of fused-ring (bicyclic) bond motifs is 1. The zero-order valence-electron chi connectivity index (χ0n) is 30.8. The maximum atomic E-state index is 12.8. The van der Waals surface area contributed by atoms with Crippen LogP contribution in [-0.2, 0) is 18.8 Å². The number of nitriles is 1. The molecule has 5 rings (SSSR count). The maximum absolute atomic E-state index is 12.8. The average Bonchev–Trinajstić information content (AvgIpc) is 3.58. The monoisotopic (exact) mass is 682 g/mol. The zero-order chi connectivity index (χ0) is 36.1. The van der Waals surface area contributed by atoms with Gasteiger partial charge in [0, 0.05) is 24.6 Å². The Bertz CT molecular complexity index is 1730. The lowest BCUT2D eigenvalue weighted by molar-refractivity contribution is -0.0366. The van der Waals surface area contributed by atoms with Crippen LogP contribution in [0.4, 0.5) is 4.79 Å². The van der Waals surface area contributed by atoms with Crippen molar-refractivity contribution in [3.05, 3.63) is 77.4 Å². The van der Waals surface area contributed by atoms with Crippen LogP contribution in [0.25, 0.3) is 16.5 Å². The van der Waals surface area contributed by atoms with Gasteiger partial charge in [-0.1, -0.05) is 31.2 Å². The fraction of sp³-hybridized carbons (Fsp3) is 0.513. The summed E-state index contributed by atoms with van der Waals surface area (Å²) in [6.07, 6.45) is 8.29. The molecule has 2 aliphatic rings. The fourth-order valence-corrected chi connectivity index (χ4v) is 6.15. The van der Waals surface area contributed by atoms with Gasteiger partial charge in [-0.3, -0.25) is 0 Å². The second-order valence-corrected chi connectivity index (χ2v) is 14.9. The van der Waals surface area contributed by atoms with Gasteiger partial charge in [0.25, 0.3) is 0 Å². The molecular formula is C39H51BN4O6. The summed E-state index contributed by atoms with van der Waals surface area (Å²) < 4.78 is 32.9. The van der Waals surface area contributed by atoms with Crippen LogP contribution in [0.3, 0.4) is 0 Å². The number of nitrogens with zero attached hydrogens (tertiary/aromatic N) is 4. The molecule has 2 aromatic carbocycles. The topological polar surface area (TPSA) is 108 Å². The van der Waals surface area contributed by atoms with Gasteiger partial charge in [-0.25, -0.2) is 9.48 Å². The first-order valence-corrected chi connectivity index (χ1v) is 17.7. The van der Waals surface area contributed by atoms with Crippen LogP contribution in [0.2, 0.25) is 0 Å². The van der Waals surface area contributed by atoms with Crippen LogP contribution in [0, 0.1) is 11.3 Å². The van der Waals surface area contributed by atoms with Gasteiger partial charge in [0.1, 0.15) is 18.0 Å². The number of benzene rings is 2. The van der Waals surface area contributed by atoms with Gasteiger partial charge in [0.2, 0.25) is 0 Å². The molecule has 0 radical (unpaired) electrons. The first-order chi connectivity index (χ1) is 23.7. The van der Waals surface area contributed by atoms with Gasteiger partial charge in [0.05, 0.1) is 35.5 Å². The van der Waals surface area contributed by atoms with Crippen LogP contribution in [0.1, 0.15) is 98.4 Å². The van der Waals surface area contributed by atoms with Crippen LogP contribution in [0.5, 0.6) is 5.75 Å². The number of carbonyl (C=O) groups excluding carboxylic acids is 1. The number of aromatic nitrogens is 2. The first kappa shape index (κ1) is 37.2. The summed E-state index contributed by atoms with van der Waals surface area (Å²) in [6.45, 7) is 17.4. The molecule has 3 aromatic rings. The first-order valence-electron chi connectivity index (χ1n) is 17.7. The number of hydrogen-bond donors (Lipinski definition) is 0. The van der Waals surface area contributed by atoms with Crippen molar-refractivity contribution in [3.8, 4) is 11.8 Å². The molecule has 0 bridgehead atoms.